The molecule has 0 spiro atoms. The molecule has 4 N–H and O–H groups in total. The van der Waals surface area contributed by atoms with Gasteiger partial charge in [-0.1, -0.05) is 65.4 Å². The van der Waals surface area contributed by atoms with Gasteiger partial charge in [0.05, 0.1) is 22.1 Å². The van der Waals surface area contributed by atoms with E-state index in [1.165, 1.54) is 11.0 Å². The van der Waals surface area contributed by atoms with Crippen molar-refractivity contribution in [2.24, 2.45) is 5.41 Å². The molecule has 2 aliphatic rings. The average Bonchev–Trinajstić information content (AvgIpc) is 3.46. The van der Waals surface area contributed by atoms with E-state index < -0.39 is 73.2 Å². The Bertz CT molecular complexity index is 1260. The summed E-state index contributed by atoms with van der Waals surface area (Å²) >= 11 is 0. The van der Waals surface area contributed by atoms with E-state index in [1.54, 1.807) is 27.7 Å². The standard InChI is InChI=1S/C35H61N5O7S/c1-9-17-26(27(41)30(43)36-22-10-2)37-29(42)25(4)40(23-11-3)31(44)28(34(8)18-15-16-19-34)38-32(45)39-35(20-13-12-14-21-35)24-48(46,47)33(5,6)7/h10,25-26,28H,2,9,11-24H2,1,3-8H3,(H,36,43)(H,37,42)(H2,38,39,45)/t25-,26?,28+/m0/s1. The number of carbonyl (C=O) groups is 5. The van der Waals surface area contributed by atoms with E-state index in [9.17, 15) is 32.4 Å². The van der Waals surface area contributed by atoms with E-state index in [0.717, 1.165) is 32.1 Å². The third-order valence-electron chi connectivity index (χ3n) is 9.99. The van der Waals surface area contributed by atoms with Gasteiger partial charge in [-0.2, -0.15) is 0 Å². The zero-order valence-electron chi connectivity index (χ0n) is 30.3. The molecule has 5 amide bonds. The van der Waals surface area contributed by atoms with Crippen LogP contribution in [0.5, 0.6) is 0 Å². The third-order valence-corrected chi connectivity index (χ3v) is 12.8. The number of nitrogens with one attached hydrogen (secondary N) is 4. The van der Waals surface area contributed by atoms with E-state index >= 15 is 0 Å². The van der Waals surface area contributed by atoms with E-state index in [0.29, 0.717) is 38.5 Å². The molecule has 3 atom stereocenters. The highest BCUT2D eigenvalue weighted by atomic mass is 32.2. The normalized spacial score (nSPS) is 19.2. The molecule has 274 valence electrons. The second-order valence-electron chi connectivity index (χ2n) is 15.0. The molecule has 2 fully saturated rings. The minimum absolute atomic E-state index is 0.112. The fourth-order valence-corrected chi connectivity index (χ4v) is 8.35. The number of hydrogen-bond donors (Lipinski definition) is 4. The minimum Gasteiger partial charge on any atom is -0.346 e. The molecule has 0 radical (unpaired) electrons. The Labute approximate surface area is 288 Å². The van der Waals surface area contributed by atoms with Crippen molar-refractivity contribution in [1.82, 2.24) is 26.2 Å². The molecule has 2 rings (SSSR count). The molecule has 2 aliphatic carbocycles. The maximum absolute atomic E-state index is 14.5. The number of sulfone groups is 1. The summed E-state index contributed by atoms with van der Waals surface area (Å²) in [5.41, 5.74) is -1.54. The third kappa shape index (κ3) is 10.8. The second-order valence-corrected chi connectivity index (χ2v) is 17.8. The first kappa shape index (κ1) is 41.2. The van der Waals surface area contributed by atoms with Gasteiger partial charge in [0.15, 0.2) is 9.84 Å². The Hall–Kier alpha value is -2.96. The van der Waals surface area contributed by atoms with Gasteiger partial charge < -0.3 is 26.2 Å². The van der Waals surface area contributed by atoms with Gasteiger partial charge in [-0.25, -0.2) is 13.2 Å². The molecule has 1 unspecified atom stereocenters. The first-order valence-electron chi connectivity index (χ1n) is 17.7. The zero-order valence-corrected chi connectivity index (χ0v) is 31.2. The highest BCUT2D eigenvalue weighted by Crippen LogP contribution is 2.41. The Morgan fingerprint density at radius 2 is 1.50 bits per heavy atom. The summed E-state index contributed by atoms with van der Waals surface area (Å²) in [6.07, 6.45) is 9.50. The Morgan fingerprint density at radius 1 is 0.917 bits per heavy atom. The molecular weight excluding hydrogens is 634 g/mol. The lowest BCUT2D eigenvalue weighted by Gasteiger charge is -2.42. The van der Waals surface area contributed by atoms with Gasteiger partial charge in [-0.15, -0.1) is 6.58 Å². The number of Topliss-reactive ketones (excluding diaryl/α,β-unsaturated/α-hetero) is 1. The fourth-order valence-electron chi connectivity index (χ4n) is 6.83. The van der Waals surface area contributed by atoms with Crippen molar-refractivity contribution in [2.75, 3.05) is 18.8 Å². The summed E-state index contributed by atoms with van der Waals surface area (Å²) in [6.45, 7) is 16.1. The highest BCUT2D eigenvalue weighted by Gasteiger charge is 2.47. The van der Waals surface area contributed by atoms with E-state index in [-0.39, 0.29) is 25.3 Å². The van der Waals surface area contributed by atoms with Crippen molar-refractivity contribution in [2.45, 2.75) is 154 Å². The number of amides is 5. The van der Waals surface area contributed by atoms with Crippen LogP contribution in [0.25, 0.3) is 0 Å². The lowest BCUT2D eigenvalue weighted by Crippen LogP contribution is -2.64. The van der Waals surface area contributed by atoms with Crippen LogP contribution in [-0.4, -0.2) is 90.1 Å². The molecular formula is C35H61N5O7S. The van der Waals surface area contributed by atoms with Gasteiger partial charge in [-0.05, 0) is 71.6 Å². The smallest absolute Gasteiger partial charge is 0.315 e. The van der Waals surface area contributed by atoms with Gasteiger partial charge in [-0.3, -0.25) is 19.2 Å². The van der Waals surface area contributed by atoms with Crippen LogP contribution < -0.4 is 21.3 Å². The number of carbonyl (C=O) groups excluding carboxylic acids is 5. The summed E-state index contributed by atoms with van der Waals surface area (Å²) in [4.78, 5) is 68.6. The van der Waals surface area contributed by atoms with E-state index in [4.69, 9.17) is 0 Å². The quantitative estimate of drug-likeness (QED) is 0.132. The van der Waals surface area contributed by atoms with Crippen LogP contribution in [0.15, 0.2) is 12.7 Å². The van der Waals surface area contributed by atoms with Crippen molar-refractivity contribution in [1.29, 1.82) is 0 Å². The molecule has 13 heteroatoms. The molecule has 0 saturated heterocycles. The molecule has 48 heavy (non-hydrogen) atoms. The van der Waals surface area contributed by atoms with Crippen LogP contribution in [0.4, 0.5) is 4.79 Å². The number of nitrogens with zero attached hydrogens (tertiary/aromatic N) is 1. The predicted molar refractivity (Wildman–Crippen MR) is 188 cm³/mol. The van der Waals surface area contributed by atoms with Gasteiger partial charge >= 0.3 is 6.03 Å². The molecule has 0 aromatic rings. The monoisotopic (exact) mass is 695 g/mol. The summed E-state index contributed by atoms with van der Waals surface area (Å²) < 4.78 is 25.7. The first-order valence-corrected chi connectivity index (χ1v) is 19.4. The predicted octanol–water partition coefficient (Wildman–Crippen LogP) is 3.93. The van der Waals surface area contributed by atoms with Crippen LogP contribution in [-0.2, 0) is 29.0 Å². The largest absolute Gasteiger partial charge is 0.346 e. The summed E-state index contributed by atoms with van der Waals surface area (Å²) in [5.74, 6) is -2.77. The Kier molecular flexibility index (Phi) is 15.1. The second kappa shape index (κ2) is 17.6. The van der Waals surface area contributed by atoms with Crippen molar-refractivity contribution in [3.8, 4) is 0 Å². The van der Waals surface area contributed by atoms with Crippen LogP contribution in [0.2, 0.25) is 0 Å². The van der Waals surface area contributed by atoms with Gasteiger partial charge in [0.2, 0.25) is 17.6 Å². The zero-order chi connectivity index (χ0) is 36.3. The van der Waals surface area contributed by atoms with Crippen molar-refractivity contribution >= 4 is 39.4 Å². The lowest BCUT2D eigenvalue weighted by molar-refractivity contribution is -0.145. The first-order chi connectivity index (χ1) is 22.4. The maximum Gasteiger partial charge on any atom is 0.315 e. The average molecular weight is 696 g/mol. The molecule has 0 aromatic carbocycles. The van der Waals surface area contributed by atoms with Gasteiger partial charge in [0, 0.05) is 13.1 Å². The number of rotatable bonds is 17. The molecule has 0 heterocycles. The van der Waals surface area contributed by atoms with Gasteiger partial charge in [0.25, 0.3) is 5.91 Å². The number of hydrogen-bond acceptors (Lipinski definition) is 7. The summed E-state index contributed by atoms with van der Waals surface area (Å²) in [7, 11) is -3.56. The summed E-state index contributed by atoms with van der Waals surface area (Å²) in [6, 6.07) is -3.63. The molecule has 0 aliphatic heterocycles. The SMILES string of the molecule is C=CCNC(=O)C(=O)C(CCC)NC(=O)[C@H](C)N(CCC)C(=O)[C@@H](NC(=O)NC1(CS(=O)(=O)C(C)(C)C)CCCCC1)C1(C)CCCC1. The van der Waals surface area contributed by atoms with E-state index in [1.807, 2.05) is 20.8 Å². The van der Waals surface area contributed by atoms with E-state index in [2.05, 4.69) is 27.8 Å². The van der Waals surface area contributed by atoms with Crippen molar-refractivity contribution in [3.05, 3.63) is 12.7 Å². The Morgan fingerprint density at radius 3 is 2.02 bits per heavy atom. The highest BCUT2D eigenvalue weighted by molar-refractivity contribution is 7.92. The number of ketones is 1. The topological polar surface area (TPSA) is 171 Å². The van der Waals surface area contributed by atoms with Crippen LogP contribution >= 0.6 is 0 Å². The van der Waals surface area contributed by atoms with Crippen LogP contribution in [0.1, 0.15) is 126 Å². The maximum atomic E-state index is 14.5. The van der Waals surface area contributed by atoms with Crippen molar-refractivity contribution in [3.63, 3.8) is 0 Å². The fraction of sp³-hybridized carbons (Fsp3) is 0.800. The van der Waals surface area contributed by atoms with Crippen molar-refractivity contribution < 1.29 is 32.4 Å². The van der Waals surface area contributed by atoms with Crippen LogP contribution in [0.3, 0.4) is 0 Å². The number of urea groups is 1. The summed E-state index contributed by atoms with van der Waals surface area (Å²) in [5, 5.41) is 11.1. The Balaban J connectivity index is 2.36. The minimum atomic E-state index is -3.56. The van der Waals surface area contributed by atoms with Crippen LogP contribution in [0, 0.1) is 5.41 Å². The molecule has 0 bridgehead atoms. The molecule has 2 saturated carbocycles. The lowest BCUT2D eigenvalue weighted by atomic mass is 9.79. The molecule has 0 aromatic heterocycles. The van der Waals surface area contributed by atoms with Gasteiger partial charge in [0.1, 0.15) is 12.1 Å². The molecule has 12 nitrogen and oxygen atoms in total.